The summed E-state index contributed by atoms with van der Waals surface area (Å²) < 4.78 is 0. The molecule has 4 fully saturated rings. The van der Waals surface area contributed by atoms with Crippen LogP contribution in [0.5, 0.6) is 0 Å². The minimum absolute atomic E-state index is 0.0442. The number of hydrogen-bond donors (Lipinski definition) is 2. The molecule has 0 spiro atoms. The summed E-state index contributed by atoms with van der Waals surface area (Å²) in [6.07, 6.45) is 8.04. The molecule has 7 rings (SSSR count). The number of nitrogens with zero attached hydrogens (tertiary/aromatic N) is 1. The summed E-state index contributed by atoms with van der Waals surface area (Å²) in [4.78, 5) is 29.2. The molecule has 1 heterocycles. The average molecular weight is 472 g/mol. The normalized spacial score (nSPS) is 28.7. The molecule has 0 aromatic heterocycles. The van der Waals surface area contributed by atoms with E-state index in [9.17, 15) is 9.59 Å². The lowest BCUT2D eigenvalue weighted by Gasteiger charge is -2.55. The minimum atomic E-state index is -0.204. The summed E-state index contributed by atoms with van der Waals surface area (Å²) in [7, 11) is 0. The van der Waals surface area contributed by atoms with E-state index in [1.807, 2.05) is 32.0 Å². The highest BCUT2D eigenvalue weighted by atomic mass is 16.2. The van der Waals surface area contributed by atoms with Gasteiger partial charge in [0.1, 0.15) is 0 Å². The molecule has 0 unspecified atom stereocenters. The molecule has 4 aliphatic carbocycles. The van der Waals surface area contributed by atoms with E-state index in [0.717, 1.165) is 67.9 Å². The Bertz CT molecular complexity index is 1120. The van der Waals surface area contributed by atoms with Crippen molar-refractivity contribution in [1.29, 1.82) is 0 Å². The monoisotopic (exact) mass is 471 g/mol. The smallest absolute Gasteiger partial charge is 0.253 e. The van der Waals surface area contributed by atoms with Crippen molar-refractivity contribution in [2.45, 2.75) is 71.4 Å². The van der Waals surface area contributed by atoms with Gasteiger partial charge >= 0.3 is 0 Å². The molecule has 5 aliphatic rings. The van der Waals surface area contributed by atoms with E-state index >= 15 is 0 Å². The molecule has 0 saturated heterocycles. The van der Waals surface area contributed by atoms with Crippen LogP contribution in [0.4, 0.5) is 11.4 Å². The number of benzene rings is 2. The van der Waals surface area contributed by atoms with Crippen molar-refractivity contribution in [2.75, 3.05) is 16.8 Å². The summed E-state index contributed by atoms with van der Waals surface area (Å²) in [6.45, 7) is 5.62. The zero-order valence-corrected chi connectivity index (χ0v) is 21.0. The van der Waals surface area contributed by atoms with Crippen LogP contribution >= 0.6 is 0 Å². The lowest BCUT2D eigenvalue weighted by atomic mass is 9.49. The molecule has 5 nitrogen and oxygen atoms in total. The molecule has 5 heteroatoms. The molecule has 0 radical (unpaired) electrons. The van der Waals surface area contributed by atoms with Crippen LogP contribution in [0.3, 0.4) is 0 Å². The highest BCUT2D eigenvalue weighted by Crippen LogP contribution is 2.60. The van der Waals surface area contributed by atoms with Gasteiger partial charge in [-0.3, -0.25) is 9.59 Å². The second-order valence-electron chi connectivity index (χ2n) is 12.0. The van der Waals surface area contributed by atoms with Gasteiger partial charge < -0.3 is 15.5 Å². The summed E-state index contributed by atoms with van der Waals surface area (Å²) in [5, 5.41) is 6.32. The van der Waals surface area contributed by atoms with Gasteiger partial charge in [0.05, 0.1) is 11.0 Å². The molecule has 2 amide bonds. The van der Waals surface area contributed by atoms with E-state index in [1.54, 1.807) is 0 Å². The molecule has 2 N–H and O–H groups in total. The number of amides is 2. The molecular weight excluding hydrogens is 434 g/mol. The van der Waals surface area contributed by atoms with Gasteiger partial charge in [-0.15, -0.1) is 0 Å². The van der Waals surface area contributed by atoms with Crippen molar-refractivity contribution in [2.24, 2.45) is 23.2 Å². The molecule has 35 heavy (non-hydrogen) atoms. The molecule has 2 aromatic carbocycles. The Morgan fingerprint density at radius 2 is 1.60 bits per heavy atom. The topological polar surface area (TPSA) is 61.4 Å². The van der Waals surface area contributed by atoms with Crippen molar-refractivity contribution in [3.8, 4) is 0 Å². The minimum Gasteiger partial charge on any atom is -0.366 e. The van der Waals surface area contributed by atoms with E-state index < -0.39 is 0 Å². The van der Waals surface area contributed by atoms with Crippen molar-refractivity contribution in [3.63, 3.8) is 0 Å². The Balaban J connectivity index is 1.27. The molecule has 4 bridgehead atoms. The fourth-order valence-corrected chi connectivity index (χ4v) is 7.77. The second-order valence-corrected chi connectivity index (χ2v) is 12.0. The predicted molar refractivity (Wildman–Crippen MR) is 139 cm³/mol. The first-order valence-corrected chi connectivity index (χ1v) is 13.5. The fraction of sp³-hybridized carbons (Fsp3) is 0.533. The first-order chi connectivity index (χ1) is 16.9. The summed E-state index contributed by atoms with van der Waals surface area (Å²) in [5.74, 6) is 2.27. The number of rotatable bonds is 5. The average Bonchev–Trinajstić information content (AvgIpc) is 2.82. The largest absolute Gasteiger partial charge is 0.366 e. The molecule has 1 aliphatic heterocycles. The molecule has 2 aromatic rings. The van der Waals surface area contributed by atoms with Crippen molar-refractivity contribution in [1.82, 2.24) is 5.32 Å². The van der Waals surface area contributed by atoms with Gasteiger partial charge in [0.2, 0.25) is 5.91 Å². The SMILES string of the molecule is CC(C)NC(=O)c1cc(NC(=O)C23CC4CC(CC(C4)C2)C3)ccc1N1CCc2ccccc2C1. The van der Waals surface area contributed by atoms with E-state index in [4.69, 9.17) is 0 Å². The van der Waals surface area contributed by atoms with Gasteiger partial charge in [-0.25, -0.2) is 0 Å². The molecule has 0 atom stereocenters. The highest BCUT2D eigenvalue weighted by molar-refractivity contribution is 6.03. The van der Waals surface area contributed by atoms with Gasteiger partial charge in [-0.05, 0) is 106 Å². The van der Waals surface area contributed by atoms with Crippen LogP contribution in [-0.2, 0) is 17.8 Å². The van der Waals surface area contributed by atoms with Crippen LogP contribution in [0.25, 0.3) is 0 Å². The van der Waals surface area contributed by atoms with Crippen LogP contribution in [0.1, 0.15) is 73.9 Å². The standard InChI is InChI=1S/C30H37N3O2/c1-19(2)31-28(34)26-14-25(7-8-27(26)33-10-9-23-5-3-4-6-24(23)18-33)32-29(35)30-15-20-11-21(16-30)13-22(12-20)17-30/h3-8,14,19-22H,9-13,15-18H2,1-2H3,(H,31,34)(H,32,35). The fourth-order valence-electron chi connectivity index (χ4n) is 7.77. The van der Waals surface area contributed by atoms with E-state index in [-0.39, 0.29) is 23.3 Å². The number of hydrogen-bond acceptors (Lipinski definition) is 3. The Morgan fingerprint density at radius 3 is 2.26 bits per heavy atom. The third-order valence-electron chi connectivity index (χ3n) is 8.91. The number of carbonyl (C=O) groups is 2. The van der Waals surface area contributed by atoms with E-state index in [2.05, 4.69) is 39.8 Å². The van der Waals surface area contributed by atoms with Gasteiger partial charge in [0, 0.05) is 30.5 Å². The zero-order valence-electron chi connectivity index (χ0n) is 21.0. The number of anilines is 2. The molecular formula is C30H37N3O2. The Morgan fingerprint density at radius 1 is 0.943 bits per heavy atom. The Hall–Kier alpha value is -2.82. The maximum atomic E-state index is 13.6. The van der Waals surface area contributed by atoms with E-state index in [0.29, 0.717) is 5.56 Å². The molecule has 184 valence electrons. The Labute approximate surface area is 208 Å². The van der Waals surface area contributed by atoms with Crippen LogP contribution in [0.15, 0.2) is 42.5 Å². The lowest BCUT2D eigenvalue weighted by molar-refractivity contribution is -0.140. The van der Waals surface area contributed by atoms with Crippen LogP contribution in [-0.4, -0.2) is 24.4 Å². The maximum absolute atomic E-state index is 13.6. The van der Waals surface area contributed by atoms with Gasteiger partial charge in [0.25, 0.3) is 5.91 Å². The number of nitrogens with one attached hydrogen (secondary N) is 2. The van der Waals surface area contributed by atoms with Crippen LogP contribution in [0, 0.1) is 23.2 Å². The van der Waals surface area contributed by atoms with Crippen LogP contribution in [0.2, 0.25) is 0 Å². The summed E-state index contributed by atoms with van der Waals surface area (Å²) >= 11 is 0. The quantitative estimate of drug-likeness (QED) is 0.602. The highest BCUT2D eigenvalue weighted by Gasteiger charge is 2.54. The van der Waals surface area contributed by atoms with Crippen molar-refractivity contribution in [3.05, 3.63) is 59.2 Å². The lowest BCUT2D eigenvalue weighted by Crippen LogP contribution is -2.51. The van der Waals surface area contributed by atoms with Gasteiger partial charge in [-0.2, -0.15) is 0 Å². The van der Waals surface area contributed by atoms with Gasteiger partial charge in [-0.1, -0.05) is 24.3 Å². The zero-order chi connectivity index (χ0) is 24.2. The third kappa shape index (κ3) is 4.23. The number of fused-ring (bicyclic) bond motifs is 1. The number of carbonyl (C=O) groups excluding carboxylic acids is 2. The maximum Gasteiger partial charge on any atom is 0.253 e. The Kier molecular flexibility index (Phi) is 5.62. The first-order valence-electron chi connectivity index (χ1n) is 13.5. The van der Waals surface area contributed by atoms with Gasteiger partial charge in [0.15, 0.2) is 0 Å². The first kappa shape index (κ1) is 22.6. The molecule has 4 saturated carbocycles. The summed E-state index contributed by atoms with van der Waals surface area (Å²) in [5.41, 5.74) is 4.81. The van der Waals surface area contributed by atoms with Crippen LogP contribution < -0.4 is 15.5 Å². The third-order valence-corrected chi connectivity index (χ3v) is 8.91. The second kappa shape index (κ2) is 8.69. The van der Waals surface area contributed by atoms with E-state index in [1.165, 1.54) is 30.4 Å². The van der Waals surface area contributed by atoms with Crippen molar-refractivity contribution >= 4 is 23.2 Å². The summed E-state index contributed by atoms with van der Waals surface area (Å²) in [6, 6.07) is 14.5. The predicted octanol–water partition coefficient (Wildman–Crippen LogP) is 5.54. The van der Waals surface area contributed by atoms with Crippen molar-refractivity contribution < 1.29 is 9.59 Å².